The molecule has 1 aromatic carbocycles. The van der Waals surface area contributed by atoms with Gasteiger partial charge in [-0.05, 0) is 24.2 Å². The molecule has 2 heterocycles. The quantitative estimate of drug-likeness (QED) is 0.928. The van der Waals surface area contributed by atoms with Crippen LogP contribution in [0.3, 0.4) is 0 Å². The molecule has 19 heavy (non-hydrogen) atoms. The highest BCUT2D eigenvalue weighted by molar-refractivity contribution is 7.09. The average molecular weight is 276 g/mol. The Morgan fingerprint density at radius 2 is 2.05 bits per heavy atom. The van der Waals surface area contributed by atoms with Gasteiger partial charge < -0.3 is 15.2 Å². The molecule has 1 aliphatic heterocycles. The minimum atomic E-state index is 0.619. The molecule has 0 saturated carbocycles. The fourth-order valence-corrected chi connectivity index (χ4v) is 2.93. The van der Waals surface area contributed by atoms with Gasteiger partial charge >= 0.3 is 0 Å². The fraction of sp³-hybridized carbons (Fsp3) is 0.357. The zero-order valence-corrected chi connectivity index (χ0v) is 11.4. The Morgan fingerprint density at radius 1 is 1.21 bits per heavy atom. The second-order valence-electron chi connectivity index (χ2n) is 4.43. The van der Waals surface area contributed by atoms with Gasteiger partial charge in [-0.25, -0.2) is 4.98 Å². The lowest BCUT2D eigenvalue weighted by atomic mass is 10.1. The first-order valence-electron chi connectivity index (χ1n) is 6.37. The van der Waals surface area contributed by atoms with E-state index in [9.17, 15) is 0 Å². The summed E-state index contributed by atoms with van der Waals surface area (Å²) in [5.41, 5.74) is 7.81. The number of hydrogen-bond acceptors (Lipinski definition) is 5. The van der Waals surface area contributed by atoms with Crippen molar-refractivity contribution in [2.24, 2.45) is 5.73 Å². The van der Waals surface area contributed by atoms with Gasteiger partial charge in [0.2, 0.25) is 0 Å². The Hall–Kier alpha value is -1.59. The first-order chi connectivity index (χ1) is 9.35. The summed E-state index contributed by atoms with van der Waals surface area (Å²) in [6, 6.07) is 6.08. The van der Waals surface area contributed by atoms with Crippen molar-refractivity contribution in [3.63, 3.8) is 0 Å². The molecule has 0 bridgehead atoms. The van der Waals surface area contributed by atoms with E-state index in [1.54, 1.807) is 11.3 Å². The molecular formula is C14H16N2O2S. The molecule has 0 unspecified atom stereocenters. The van der Waals surface area contributed by atoms with Crippen LogP contribution in [0.2, 0.25) is 0 Å². The highest BCUT2D eigenvalue weighted by atomic mass is 32.1. The van der Waals surface area contributed by atoms with Crippen LogP contribution in [0.15, 0.2) is 23.6 Å². The molecule has 0 aliphatic carbocycles. The first kappa shape index (κ1) is 12.4. The maximum Gasteiger partial charge on any atom is 0.161 e. The molecule has 2 aromatic rings. The topological polar surface area (TPSA) is 57.4 Å². The number of rotatable bonds is 4. The molecule has 0 atom stereocenters. The monoisotopic (exact) mass is 276 g/mol. The Balaban J connectivity index is 1.75. The molecule has 3 rings (SSSR count). The standard InChI is InChI=1S/C14H16N2O2S/c15-4-3-11-9-19-14(16-11)8-10-1-2-12-13(7-10)18-6-5-17-12/h1-2,7,9H,3-6,8,15H2. The van der Waals surface area contributed by atoms with E-state index in [1.165, 1.54) is 5.56 Å². The largest absolute Gasteiger partial charge is 0.486 e. The van der Waals surface area contributed by atoms with Crippen molar-refractivity contribution < 1.29 is 9.47 Å². The van der Waals surface area contributed by atoms with Crippen LogP contribution < -0.4 is 15.2 Å². The predicted octanol–water partition coefficient (Wildman–Crippen LogP) is 2.01. The molecule has 0 fully saturated rings. The van der Waals surface area contributed by atoms with Gasteiger partial charge in [-0.2, -0.15) is 0 Å². The summed E-state index contributed by atoms with van der Waals surface area (Å²) >= 11 is 1.68. The van der Waals surface area contributed by atoms with Gasteiger partial charge in [0.1, 0.15) is 13.2 Å². The van der Waals surface area contributed by atoms with E-state index >= 15 is 0 Å². The van der Waals surface area contributed by atoms with Crippen molar-refractivity contribution in [3.05, 3.63) is 39.8 Å². The molecule has 100 valence electrons. The molecule has 2 N–H and O–H groups in total. The second kappa shape index (κ2) is 5.59. The molecular weight excluding hydrogens is 260 g/mol. The molecule has 0 amide bonds. The summed E-state index contributed by atoms with van der Waals surface area (Å²) in [5, 5.41) is 3.19. The summed E-state index contributed by atoms with van der Waals surface area (Å²) in [7, 11) is 0. The van der Waals surface area contributed by atoms with Crippen LogP contribution in [0.1, 0.15) is 16.3 Å². The minimum Gasteiger partial charge on any atom is -0.486 e. The minimum absolute atomic E-state index is 0.619. The average Bonchev–Trinajstić information content (AvgIpc) is 2.86. The van der Waals surface area contributed by atoms with Crippen LogP contribution >= 0.6 is 11.3 Å². The van der Waals surface area contributed by atoms with Crippen molar-refractivity contribution in [3.8, 4) is 11.5 Å². The molecule has 5 heteroatoms. The number of nitrogens with zero attached hydrogens (tertiary/aromatic N) is 1. The fourth-order valence-electron chi connectivity index (χ4n) is 2.07. The van der Waals surface area contributed by atoms with E-state index in [0.29, 0.717) is 19.8 Å². The third-order valence-electron chi connectivity index (χ3n) is 2.96. The third-order valence-corrected chi connectivity index (χ3v) is 3.86. The van der Waals surface area contributed by atoms with Gasteiger partial charge in [0.15, 0.2) is 11.5 Å². The summed E-state index contributed by atoms with van der Waals surface area (Å²) in [4.78, 5) is 4.57. The number of aromatic nitrogens is 1. The summed E-state index contributed by atoms with van der Waals surface area (Å²) in [5.74, 6) is 1.67. The van der Waals surface area contributed by atoms with Crippen LogP contribution in [0.25, 0.3) is 0 Å². The summed E-state index contributed by atoms with van der Waals surface area (Å²) < 4.78 is 11.1. The van der Waals surface area contributed by atoms with E-state index in [0.717, 1.165) is 35.0 Å². The normalized spacial score (nSPS) is 13.5. The zero-order chi connectivity index (χ0) is 13.1. The number of benzene rings is 1. The smallest absolute Gasteiger partial charge is 0.161 e. The lowest BCUT2D eigenvalue weighted by Crippen LogP contribution is -2.15. The second-order valence-corrected chi connectivity index (χ2v) is 5.37. The predicted molar refractivity (Wildman–Crippen MR) is 75.1 cm³/mol. The van der Waals surface area contributed by atoms with Crippen LogP contribution in [0.4, 0.5) is 0 Å². The number of ether oxygens (including phenoxy) is 2. The summed E-state index contributed by atoms with van der Waals surface area (Å²) in [6.45, 7) is 1.89. The highest BCUT2D eigenvalue weighted by Crippen LogP contribution is 2.31. The number of fused-ring (bicyclic) bond motifs is 1. The molecule has 1 aromatic heterocycles. The molecule has 1 aliphatic rings. The number of hydrogen-bond donors (Lipinski definition) is 1. The SMILES string of the molecule is NCCc1csc(Cc2ccc3c(c2)OCCO3)n1. The van der Waals surface area contributed by atoms with Crippen molar-refractivity contribution in [1.29, 1.82) is 0 Å². The van der Waals surface area contributed by atoms with Crippen molar-refractivity contribution in [1.82, 2.24) is 4.98 Å². The zero-order valence-electron chi connectivity index (χ0n) is 10.6. The number of nitrogens with two attached hydrogens (primary N) is 1. The van der Waals surface area contributed by atoms with Crippen molar-refractivity contribution >= 4 is 11.3 Å². The molecule has 0 saturated heterocycles. The van der Waals surface area contributed by atoms with E-state index in [2.05, 4.69) is 16.4 Å². The third kappa shape index (κ3) is 2.88. The molecule has 4 nitrogen and oxygen atoms in total. The molecule has 0 spiro atoms. The van der Waals surface area contributed by atoms with Crippen molar-refractivity contribution in [2.45, 2.75) is 12.8 Å². The van der Waals surface area contributed by atoms with Gasteiger partial charge in [-0.15, -0.1) is 11.3 Å². The summed E-state index contributed by atoms with van der Waals surface area (Å²) in [6.07, 6.45) is 1.67. The molecule has 0 radical (unpaired) electrons. The Bertz CT molecular complexity index is 568. The van der Waals surface area contributed by atoms with Crippen molar-refractivity contribution in [2.75, 3.05) is 19.8 Å². The van der Waals surface area contributed by atoms with Gasteiger partial charge in [-0.1, -0.05) is 6.07 Å². The van der Waals surface area contributed by atoms with Gasteiger partial charge in [0, 0.05) is 18.2 Å². The van der Waals surface area contributed by atoms with Gasteiger partial charge in [-0.3, -0.25) is 0 Å². The van der Waals surface area contributed by atoms with E-state index in [-0.39, 0.29) is 0 Å². The van der Waals surface area contributed by atoms with Gasteiger partial charge in [0.05, 0.1) is 10.7 Å². The van der Waals surface area contributed by atoms with Crippen LogP contribution in [-0.2, 0) is 12.8 Å². The van der Waals surface area contributed by atoms with Crippen LogP contribution in [0, 0.1) is 0 Å². The van der Waals surface area contributed by atoms with E-state index < -0.39 is 0 Å². The lowest BCUT2D eigenvalue weighted by Gasteiger charge is -2.18. The maximum absolute atomic E-state index is 5.59. The van der Waals surface area contributed by atoms with Crippen LogP contribution in [-0.4, -0.2) is 24.7 Å². The Morgan fingerprint density at radius 3 is 2.89 bits per heavy atom. The Labute approximate surface area is 116 Å². The first-order valence-corrected chi connectivity index (χ1v) is 7.25. The number of thiazole rings is 1. The lowest BCUT2D eigenvalue weighted by molar-refractivity contribution is 0.171. The van der Waals surface area contributed by atoms with E-state index in [1.807, 2.05) is 12.1 Å². The van der Waals surface area contributed by atoms with Crippen LogP contribution in [0.5, 0.6) is 11.5 Å². The van der Waals surface area contributed by atoms with Gasteiger partial charge in [0.25, 0.3) is 0 Å². The maximum atomic E-state index is 5.59. The van der Waals surface area contributed by atoms with E-state index in [4.69, 9.17) is 15.2 Å². The highest BCUT2D eigenvalue weighted by Gasteiger charge is 2.12. The Kier molecular flexibility index (Phi) is 3.66.